The van der Waals surface area contributed by atoms with Crippen LogP contribution < -0.4 is 5.56 Å². The summed E-state index contributed by atoms with van der Waals surface area (Å²) >= 11 is 0. The number of halogens is 4. The van der Waals surface area contributed by atoms with Crippen molar-refractivity contribution in [3.05, 3.63) is 63.2 Å². The first-order chi connectivity index (χ1) is 12.6. The molecule has 10 heteroatoms. The largest absolute Gasteiger partial charge is 0.416 e. The van der Waals surface area contributed by atoms with Gasteiger partial charge in [-0.25, -0.2) is 9.37 Å². The number of benzene rings is 1. The molecule has 3 aromatic rings. The second-order valence-corrected chi connectivity index (χ2v) is 6.11. The molecule has 27 heavy (non-hydrogen) atoms. The summed E-state index contributed by atoms with van der Waals surface area (Å²) in [7, 11) is 1.61. The predicted molar refractivity (Wildman–Crippen MR) is 88.5 cm³/mol. The van der Waals surface area contributed by atoms with Crippen LogP contribution in [0.25, 0.3) is 11.5 Å². The van der Waals surface area contributed by atoms with E-state index >= 15 is 0 Å². The highest BCUT2D eigenvalue weighted by Crippen LogP contribution is 2.33. The van der Waals surface area contributed by atoms with Gasteiger partial charge in [0.2, 0.25) is 0 Å². The number of nitrogens with zero attached hydrogens (tertiary/aromatic N) is 4. The number of hydrogen-bond donors (Lipinski definition) is 1. The average molecular weight is 381 g/mol. The summed E-state index contributed by atoms with van der Waals surface area (Å²) in [6.07, 6.45) is -4.62. The molecule has 0 aliphatic heterocycles. The number of H-pyrrole nitrogens is 1. The lowest BCUT2D eigenvalue weighted by Crippen LogP contribution is -2.12. The summed E-state index contributed by atoms with van der Waals surface area (Å²) in [6, 6.07) is 3.63. The summed E-state index contributed by atoms with van der Waals surface area (Å²) < 4.78 is 53.9. The number of aromatic nitrogens is 5. The average Bonchev–Trinajstić information content (AvgIpc) is 2.94. The maximum Gasteiger partial charge on any atom is 0.416 e. The van der Waals surface area contributed by atoms with E-state index in [1.165, 1.54) is 10.6 Å². The summed E-state index contributed by atoms with van der Waals surface area (Å²) in [6.45, 7) is 3.22. The van der Waals surface area contributed by atoms with Crippen molar-refractivity contribution >= 4 is 0 Å². The zero-order valence-corrected chi connectivity index (χ0v) is 14.6. The number of aryl methyl sites for hydroxylation is 1. The topological polar surface area (TPSA) is 76.5 Å². The molecular formula is C17H15F4N5O. The molecule has 0 spiro atoms. The minimum absolute atomic E-state index is 0.0556. The van der Waals surface area contributed by atoms with Crippen LogP contribution in [0.1, 0.15) is 35.6 Å². The van der Waals surface area contributed by atoms with Gasteiger partial charge < -0.3 is 9.55 Å². The molecule has 142 valence electrons. The summed E-state index contributed by atoms with van der Waals surface area (Å²) in [5.74, 6) is -0.640. The molecule has 0 saturated heterocycles. The van der Waals surface area contributed by atoms with Crippen LogP contribution in [0.2, 0.25) is 0 Å². The second kappa shape index (κ2) is 6.60. The summed E-state index contributed by atoms with van der Waals surface area (Å²) in [4.78, 5) is 18.3. The number of hydrogen-bond acceptors (Lipinski definition) is 4. The molecule has 0 aliphatic carbocycles. The normalized spacial score (nSPS) is 13.0. The summed E-state index contributed by atoms with van der Waals surface area (Å²) in [5.41, 5.74) is -1.07. The third kappa shape index (κ3) is 3.60. The standard InChI is InChI=1S/C17H15F4N5O/c1-8(11-5-4-10(6-12(11)18)17(19,20)21)15-24-25-16(26(15)3)13-7-14(27)23-9(2)22-13/h4-8H,1-3H3,(H,22,23,27)/t8-/m0/s1. The second-order valence-electron chi connectivity index (χ2n) is 6.11. The first kappa shape index (κ1) is 18.7. The van der Waals surface area contributed by atoms with Crippen LogP contribution in [0.4, 0.5) is 17.6 Å². The molecule has 0 aliphatic rings. The lowest BCUT2D eigenvalue weighted by Gasteiger charge is -2.14. The van der Waals surface area contributed by atoms with Gasteiger partial charge >= 0.3 is 6.18 Å². The molecule has 0 radical (unpaired) electrons. The van der Waals surface area contributed by atoms with Gasteiger partial charge in [-0.1, -0.05) is 13.0 Å². The van der Waals surface area contributed by atoms with Gasteiger partial charge in [0.1, 0.15) is 23.2 Å². The minimum Gasteiger partial charge on any atom is -0.312 e. The van der Waals surface area contributed by atoms with Gasteiger partial charge in [0.15, 0.2) is 5.82 Å². The quantitative estimate of drug-likeness (QED) is 0.707. The van der Waals surface area contributed by atoms with Crippen molar-refractivity contribution < 1.29 is 17.6 Å². The van der Waals surface area contributed by atoms with E-state index in [9.17, 15) is 22.4 Å². The number of rotatable bonds is 3. The van der Waals surface area contributed by atoms with E-state index in [1.54, 1.807) is 20.9 Å². The Morgan fingerprint density at radius 3 is 2.48 bits per heavy atom. The van der Waals surface area contributed by atoms with Gasteiger partial charge in [0, 0.05) is 19.0 Å². The maximum absolute atomic E-state index is 14.3. The zero-order chi connectivity index (χ0) is 19.9. The van der Waals surface area contributed by atoms with Crippen molar-refractivity contribution in [2.24, 2.45) is 7.05 Å². The molecule has 0 bridgehead atoms. The number of alkyl halides is 3. The molecule has 2 heterocycles. The first-order valence-corrected chi connectivity index (χ1v) is 7.92. The molecular weight excluding hydrogens is 366 g/mol. The fourth-order valence-corrected chi connectivity index (χ4v) is 2.83. The lowest BCUT2D eigenvalue weighted by atomic mass is 9.98. The Morgan fingerprint density at radius 2 is 1.89 bits per heavy atom. The van der Waals surface area contributed by atoms with Crippen molar-refractivity contribution in [3.8, 4) is 11.5 Å². The third-order valence-corrected chi connectivity index (χ3v) is 4.18. The van der Waals surface area contributed by atoms with E-state index in [0.717, 1.165) is 12.1 Å². The highest BCUT2D eigenvalue weighted by Gasteiger charge is 2.32. The molecule has 1 N–H and O–H groups in total. The van der Waals surface area contributed by atoms with Crippen LogP contribution in [0, 0.1) is 12.7 Å². The summed E-state index contributed by atoms with van der Waals surface area (Å²) in [5, 5.41) is 8.01. The smallest absolute Gasteiger partial charge is 0.312 e. The van der Waals surface area contributed by atoms with Crippen LogP contribution in [0.3, 0.4) is 0 Å². The Morgan fingerprint density at radius 1 is 1.19 bits per heavy atom. The van der Waals surface area contributed by atoms with Gasteiger partial charge in [-0.2, -0.15) is 13.2 Å². The van der Waals surface area contributed by atoms with Crippen LogP contribution in [-0.2, 0) is 13.2 Å². The minimum atomic E-state index is -4.62. The van der Waals surface area contributed by atoms with Crippen LogP contribution in [0.5, 0.6) is 0 Å². The van der Waals surface area contributed by atoms with E-state index in [4.69, 9.17) is 0 Å². The number of aromatic amines is 1. The molecule has 0 unspecified atom stereocenters. The third-order valence-electron chi connectivity index (χ3n) is 4.18. The highest BCUT2D eigenvalue weighted by atomic mass is 19.4. The molecule has 1 aromatic carbocycles. The molecule has 0 amide bonds. The van der Waals surface area contributed by atoms with Gasteiger partial charge in [-0.15, -0.1) is 10.2 Å². The van der Waals surface area contributed by atoms with E-state index in [-0.39, 0.29) is 16.8 Å². The Hall–Kier alpha value is -3.04. The lowest BCUT2D eigenvalue weighted by molar-refractivity contribution is -0.137. The first-order valence-electron chi connectivity index (χ1n) is 7.92. The van der Waals surface area contributed by atoms with Crippen molar-refractivity contribution in [1.82, 2.24) is 24.7 Å². The van der Waals surface area contributed by atoms with E-state index in [2.05, 4.69) is 20.2 Å². The van der Waals surface area contributed by atoms with Crippen molar-refractivity contribution in [2.75, 3.05) is 0 Å². The molecule has 0 saturated carbocycles. The molecule has 1 atom stereocenters. The van der Waals surface area contributed by atoms with Crippen molar-refractivity contribution in [2.45, 2.75) is 25.9 Å². The van der Waals surface area contributed by atoms with E-state index in [0.29, 0.717) is 23.5 Å². The Bertz CT molecular complexity index is 1050. The highest BCUT2D eigenvalue weighted by molar-refractivity contribution is 5.49. The molecule has 0 fully saturated rings. The monoisotopic (exact) mass is 381 g/mol. The molecule has 6 nitrogen and oxygen atoms in total. The molecule has 2 aromatic heterocycles. The fourth-order valence-electron chi connectivity index (χ4n) is 2.83. The molecule has 3 rings (SSSR count). The zero-order valence-electron chi connectivity index (χ0n) is 14.6. The van der Waals surface area contributed by atoms with Crippen LogP contribution in [0.15, 0.2) is 29.1 Å². The fraction of sp³-hybridized carbons (Fsp3) is 0.294. The van der Waals surface area contributed by atoms with Gasteiger partial charge in [-0.05, 0) is 24.6 Å². The Kier molecular flexibility index (Phi) is 4.58. The van der Waals surface area contributed by atoms with Gasteiger partial charge in [-0.3, -0.25) is 4.79 Å². The van der Waals surface area contributed by atoms with E-state index < -0.39 is 23.5 Å². The van der Waals surface area contributed by atoms with Crippen LogP contribution >= 0.6 is 0 Å². The van der Waals surface area contributed by atoms with Crippen molar-refractivity contribution in [1.29, 1.82) is 0 Å². The van der Waals surface area contributed by atoms with Gasteiger partial charge in [0.05, 0.1) is 5.56 Å². The van der Waals surface area contributed by atoms with Crippen LogP contribution in [-0.4, -0.2) is 24.7 Å². The van der Waals surface area contributed by atoms with Crippen molar-refractivity contribution in [3.63, 3.8) is 0 Å². The predicted octanol–water partition coefficient (Wildman–Crippen LogP) is 3.18. The Labute approximate surface area is 150 Å². The Balaban J connectivity index is 2.01. The number of nitrogens with one attached hydrogen (secondary N) is 1. The SMILES string of the molecule is Cc1nc(-c2nnc([C@@H](C)c3ccc(C(F)(F)F)cc3F)n2C)cc(=O)[nH]1. The van der Waals surface area contributed by atoms with E-state index in [1.807, 2.05) is 0 Å². The maximum atomic E-state index is 14.3. The van der Waals surface area contributed by atoms with Gasteiger partial charge in [0.25, 0.3) is 5.56 Å².